The van der Waals surface area contributed by atoms with Crippen molar-refractivity contribution in [2.75, 3.05) is 11.9 Å². The van der Waals surface area contributed by atoms with Gasteiger partial charge in [0.25, 0.3) is 5.91 Å². The molecule has 0 saturated heterocycles. The summed E-state index contributed by atoms with van der Waals surface area (Å²) in [5.41, 5.74) is 2.95. The molecule has 0 aliphatic carbocycles. The molecule has 3 aromatic rings. The second-order valence-corrected chi connectivity index (χ2v) is 8.56. The summed E-state index contributed by atoms with van der Waals surface area (Å²) in [7, 11) is 0. The highest BCUT2D eigenvalue weighted by atomic mass is 16.5. The van der Waals surface area contributed by atoms with Gasteiger partial charge in [0, 0.05) is 17.8 Å². The summed E-state index contributed by atoms with van der Waals surface area (Å²) in [6.07, 6.45) is 4.69. The van der Waals surface area contributed by atoms with Crippen molar-refractivity contribution in [3.8, 4) is 5.75 Å². The van der Waals surface area contributed by atoms with Gasteiger partial charge in [-0.25, -0.2) is 0 Å². The first-order valence-corrected chi connectivity index (χ1v) is 11.6. The summed E-state index contributed by atoms with van der Waals surface area (Å²) in [5, 5.41) is 3.65. The Morgan fingerprint density at radius 1 is 0.906 bits per heavy atom. The number of amides is 1. The average Bonchev–Trinajstić information content (AvgIpc) is 2.82. The minimum atomic E-state index is -0.705. The molecule has 4 nitrogen and oxygen atoms in total. The molecule has 0 bridgehead atoms. The number of anilines is 1. The van der Waals surface area contributed by atoms with Gasteiger partial charge in [-0.3, -0.25) is 4.79 Å². The fourth-order valence-electron chi connectivity index (χ4n) is 4.29. The third-order valence-electron chi connectivity index (χ3n) is 6.17. The molecule has 0 aromatic heterocycles. The molecule has 166 valence electrons. The number of benzene rings is 3. The molecule has 1 aliphatic heterocycles. The predicted octanol–water partition coefficient (Wildman–Crippen LogP) is 6.59. The van der Waals surface area contributed by atoms with Gasteiger partial charge in [0.1, 0.15) is 11.4 Å². The molecule has 32 heavy (non-hydrogen) atoms. The van der Waals surface area contributed by atoms with E-state index in [1.54, 1.807) is 0 Å². The van der Waals surface area contributed by atoms with E-state index in [0.29, 0.717) is 18.7 Å². The van der Waals surface area contributed by atoms with Crippen LogP contribution in [0.1, 0.15) is 61.0 Å². The average molecular weight is 429 g/mol. The number of fused-ring (bicyclic) bond motifs is 1. The van der Waals surface area contributed by atoms with Gasteiger partial charge in [0.2, 0.25) is 0 Å². The van der Waals surface area contributed by atoms with Gasteiger partial charge in [-0.1, -0.05) is 80.8 Å². The van der Waals surface area contributed by atoms with Crippen molar-refractivity contribution in [1.82, 2.24) is 4.90 Å². The lowest BCUT2D eigenvalue weighted by Crippen LogP contribution is -2.55. The number of hydrogen-bond acceptors (Lipinski definition) is 3. The molecule has 0 radical (unpaired) electrons. The zero-order valence-electron chi connectivity index (χ0n) is 19.0. The first-order valence-electron chi connectivity index (χ1n) is 11.6. The van der Waals surface area contributed by atoms with E-state index in [-0.39, 0.29) is 5.91 Å². The van der Waals surface area contributed by atoms with Gasteiger partial charge in [-0.15, -0.1) is 0 Å². The maximum Gasteiger partial charge on any atom is 0.258 e. The molecular weight excluding hydrogens is 396 g/mol. The molecule has 4 rings (SSSR count). The predicted molar refractivity (Wildman–Crippen MR) is 130 cm³/mol. The van der Waals surface area contributed by atoms with Crippen LogP contribution in [0.2, 0.25) is 0 Å². The standard InChI is InChI=1S/C28H32N2O2/c1-3-4-5-11-19-32-24-16-12-15-23(20-24)28(2)29-26-18-10-9-17-25(26)27(31)30(28)21-22-13-7-6-8-14-22/h6-10,12-18,20,29H,3-5,11,19,21H2,1-2H3. The Labute approximate surface area is 191 Å². The van der Waals surface area contributed by atoms with Crippen LogP contribution in [-0.2, 0) is 12.2 Å². The van der Waals surface area contributed by atoms with E-state index in [9.17, 15) is 4.79 Å². The zero-order valence-corrected chi connectivity index (χ0v) is 19.0. The fourth-order valence-corrected chi connectivity index (χ4v) is 4.29. The highest BCUT2D eigenvalue weighted by molar-refractivity contribution is 6.02. The number of ether oxygens (including phenoxy) is 1. The van der Waals surface area contributed by atoms with Crippen LogP contribution in [0.25, 0.3) is 0 Å². The first kappa shape index (κ1) is 21.9. The molecule has 1 amide bonds. The maximum atomic E-state index is 13.6. The summed E-state index contributed by atoms with van der Waals surface area (Å²) in [6, 6.07) is 26.0. The molecule has 1 aliphatic rings. The third-order valence-corrected chi connectivity index (χ3v) is 6.17. The van der Waals surface area contributed by atoms with E-state index in [2.05, 4.69) is 43.4 Å². The van der Waals surface area contributed by atoms with Gasteiger partial charge >= 0.3 is 0 Å². The van der Waals surface area contributed by atoms with E-state index in [0.717, 1.165) is 29.0 Å². The van der Waals surface area contributed by atoms with Gasteiger partial charge in [-0.05, 0) is 43.2 Å². The smallest absolute Gasteiger partial charge is 0.258 e. The normalized spacial score (nSPS) is 17.6. The van der Waals surface area contributed by atoms with Crippen molar-refractivity contribution in [2.24, 2.45) is 0 Å². The van der Waals surface area contributed by atoms with Crippen LogP contribution in [0.4, 0.5) is 5.69 Å². The SMILES string of the molecule is CCCCCCOc1cccc(C2(C)Nc3ccccc3C(=O)N2Cc2ccccc2)c1. The second-order valence-electron chi connectivity index (χ2n) is 8.56. The number of nitrogens with one attached hydrogen (secondary N) is 1. The first-order chi connectivity index (χ1) is 15.6. The Morgan fingerprint density at radius 2 is 1.69 bits per heavy atom. The molecule has 0 fully saturated rings. The number of carbonyl (C=O) groups excluding carboxylic acids is 1. The lowest BCUT2D eigenvalue weighted by Gasteiger charge is -2.47. The van der Waals surface area contributed by atoms with Gasteiger partial charge in [0.15, 0.2) is 0 Å². The number of hydrogen-bond donors (Lipinski definition) is 1. The van der Waals surface area contributed by atoms with Crippen molar-refractivity contribution in [3.05, 3.63) is 95.6 Å². The van der Waals surface area contributed by atoms with Crippen LogP contribution in [0.3, 0.4) is 0 Å². The molecular formula is C28H32N2O2. The van der Waals surface area contributed by atoms with Crippen molar-refractivity contribution < 1.29 is 9.53 Å². The molecule has 1 N–H and O–H groups in total. The monoisotopic (exact) mass is 428 g/mol. The minimum absolute atomic E-state index is 0.0246. The summed E-state index contributed by atoms with van der Waals surface area (Å²) in [4.78, 5) is 15.5. The van der Waals surface area contributed by atoms with Crippen molar-refractivity contribution in [3.63, 3.8) is 0 Å². The summed E-state index contributed by atoms with van der Waals surface area (Å²) >= 11 is 0. The quantitative estimate of drug-likeness (QED) is 0.391. The lowest BCUT2D eigenvalue weighted by molar-refractivity contribution is 0.0508. The Hall–Kier alpha value is -3.27. The number of carbonyl (C=O) groups is 1. The number of nitrogens with zero attached hydrogens (tertiary/aromatic N) is 1. The van der Waals surface area contributed by atoms with Gasteiger partial charge in [0.05, 0.1) is 12.2 Å². The molecule has 3 aromatic carbocycles. The minimum Gasteiger partial charge on any atom is -0.494 e. The largest absolute Gasteiger partial charge is 0.494 e. The number of unbranched alkanes of at least 4 members (excludes halogenated alkanes) is 3. The Kier molecular flexibility index (Phi) is 6.79. The Balaban J connectivity index is 1.65. The van der Waals surface area contributed by atoms with E-state index in [1.807, 2.05) is 59.5 Å². The number of rotatable bonds is 9. The molecule has 0 spiro atoms. The lowest BCUT2D eigenvalue weighted by atomic mass is 9.92. The van der Waals surface area contributed by atoms with Crippen LogP contribution >= 0.6 is 0 Å². The third kappa shape index (κ3) is 4.64. The summed E-state index contributed by atoms with van der Waals surface area (Å²) < 4.78 is 6.05. The fraction of sp³-hybridized carbons (Fsp3) is 0.321. The van der Waals surface area contributed by atoms with Gasteiger partial charge in [-0.2, -0.15) is 0 Å². The topological polar surface area (TPSA) is 41.6 Å². The Morgan fingerprint density at radius 3 is 2.50 bits per heavy atom. The van der Waals surface area contributed by atoms with E-state index in [1.165, 1.54) is 19.3 Å². The van der Waals surface area contributed by atoms with E-state index < -0.39 is 5.66 Å². The van der Waals surface area contributed by atoms with Crippen molar-refractivity contribution >= 4 is 11.6 Å². The van der Waals surface area contributed by atoms with E-state index >= 15 is 0 Å². The summed E-state index contributed by atoms with van der Waals surface area (Å²) in [5.74, 6) is 0.865. The molecule has 0 saturated carbocycles. The van der Waals surface area contributed by atoms with Crippen molar-refractivity contribution in [1.29, 1.82) is 0 Å². The zero-order chi connectivity index (χ0) is 22.4. The molecule has 4 heteroatoms. The molecule has 1 atom stereocenters. The molecule has 1 unspecified atom stereocenters. The molecule has 1 heterocycles. The van der Waals surface area contributed by atoms with E-state index in [4.69, 9.17) is 4.74 Å². The van der Waals surface area contributed by atoms with Gasteiger partial charge < -0.3 is 15.0 Å². The van der Waals surface area contributed by atoms with Crippen LogP contribution in [0.15, 0.2) is 78.9 Å². The van der Waals surface area contributed by atoms with Crippen LogP contribution in [-0.4, -0.2) is 17.4 Å². The van der Waals surface area contributed by atoms with Crippen LogP contribution in [0.5, 0.6) is 5.75 Å². The highest BCUT2D eigenvalue weighted by Crippen LogP contribution is 2.39. The van der Waals surface area contributed by atoms with Crippen molar-refractivity contribution in [2.45, 2.75) is 51.7 Å². The van der Waals surface area contributed by atoms with Crippen LogP contribution in [0, 0.1) is 0 Å². The second kappa shape index (κ2) is 9.90. The summed E-state index contributed by atoms with van der Waals surface area (Å²) in [6.45, 7) is 5.51. The maximum absolute atomic E-state index is 13.6. The van der Waals surface area contributed by atoms with Crippen LogP contribution < -0.4 is 10.1 Å². The number of para-hydroxylation sites is 1. The Bertz CT molecular complexity index is 1050. The highest BCUT2D eigenvalue weighted by Gasteiger charge is 2.42.